The number of likely N-dealkylation sites (tertiary alicyclic amines) is 1. The number of hydrogen-bond donors (Lipinski definition) is 0. The standard InChI is InChI=1S/C49H59NO6/c51-46(56-49-28-41-25-42(29-49)27-43(26-41)30-49)23-13-14-24-50-31-45(53-33-38-17-7-2-8-18-38)48(55-35-40-21-11-4-12-22-40)47(54-34-39-19-9-3-10-20-39)44(50)36-52-32-37-15-5-1-6-16-37/h1-12,15-22,41-45,47-48H,13-14,23-36H2. The van der Waals surface area contributed by atoms with Gasteiger partial charge in [0.25, 0.3) is 0 Å². The molecule has 296 valence electrons. The Kier molecular flexibility index (Phi) is 13.3. The van der Waals surface area contributed by atoms with Gasteiger partial charge in [0.1, 0.15) is 17.8 Å². The van der Waals surface area contributed by atoms with Gasteiger partial charge in [-0.15, -0.1) is 0 Å². The van der Waals surface area contributed by atoms with Crippen molar-refractivity contribution in [3.05, 3.63) is 144 Å². The van der Waals surface area contributed by atoms with E-state index in [0.29, 0.717) is 46.0 Å². The number of hydrogen-bond acceptors (Lipinski definition) is 7. The maximum absolute atomic E-state index is 13.4. The second kappa shape index (κ2) is 19.1. The number of nitrogens with zero attached hydrogens (tertiary/aromatic N) is 1. The molecule has 4 unspecified atom stereocenters. The molecule has 4 bridgehead atoms. The number of carbonyl (C=O) groups excluding carboxylic acids is 1. The van der Waals surface area contributed by atoms with Crippen LogP contribution >= 0.6 is 0 Å². The van der Waals surface area contributed by atoms with Crippen LogP contribution in [0.25, 0.3) is 0 Å². The van der Waals surface area contributed by atoms with Crippen molar-refractivity contribution in [3.8, 4) is 0 Å². The molecular weight excluding hydrogens is 699 g/mol. The summed E-state index contributed by atoms with van der Waals surface area (Å²) in [5.41, 5.74) is 4.27. The number of unbranched alkanes of at least 4 members (excludes halogenated alkanes) is 1. The minimum atomic E-state index is -0.348. The predicted octanol–water partition coefficient (Wildman–Crippen LogP) is 9.33. The van der Waals surface area contributed by atoms with Crippen LogP contribution in [0.5, 0.6) is 0 Å². The van der Waals surface area contributed by atoms with E-state index in [4.69, 9.17) is 23.7 Å². The molecule has 4 saturated carbocycles. The average Bonchev–Trinajstić information content (AvgIpc) is 3.21. The molecule has 1 saturated heterocycles. The van der Waals surface area contributed by atoms with Crippen LogP contribution in [0.2, 0.25) is 0 Å². The molecule has 4 aromatic carbocycles. The van der Waals surface area contributed by atoms with Gasteiger partial charge in [-0.25, -0.2) is 0 Å². The molecule has 1 heterocycles. The van der Waals surface area contributed by atoms with E-state index in [9.17, 15) is 4.79 Å². The van der Waals surface area contributed by atoms with Crippen molar-refractivity contribution < 1.29 is 28.5 Å². The van der Waals surface area contributed by atoms with Gasteiger partial charge in [-0.3, -0.25) is 9.69 Å². The van der Waals surface area contributed by atoms with E-state index in [1.165, 1.54) is 19.3 Å². The van der Waals surface area contributed by atoms with Crippen LogP contribution in [0, 0.1) is 17.8 Å². The fourth-order valence-electron chi connectivity index (χ4n) is 10.3. The molecule has 7 nitrogen and oxygen atoms in total. The quantitative estimate of drug-likeness (QED) is 0.0698. The third-order valence-electron chi connectivity index (χ3n) is 12.6. The summed E-state index contributed by atoms with van der Waals surface area (Å²) < 4.78 is 33.6. The highest BCUT2D eigenvalue weighted by Gasteiger charge is 2.53. The van der Waals surface area contributed by atoms with Crippen molar-refractivity contribution in [1.82, 2.24) is 4.90 Å². The smallest absolute Gasteiger partial charge is 0.306 e. The van der Waals surface area contributed by atoms with Crippen LogP contribution in [-0.2, 0) is 54.9 Å². The Labute approximate surface area is 333 Å². The first-order valence-electron chi connectivity index (χ1n) is 21.1. The first-order chi connectivity index (χ1) is 27.6. The number of rotatable bonds is 19. The van der Waals surface area contributed by atoms with Gasteiger partial charge in [0.2, 0.25) is 0 Å². The maximum Gasteiger partial charge on any atom is 0.306 e. The number of esters is 1. The third-order valence-corrected chi connectivity index (χ3v) is 12.6. The van der Waals surface area contributed by atoms with Crippen molar-refractivity contribution in [2.75, 3.05) is 19.7 Å². The van der Waals surface area contributed by atoms with Gasteiger partial charge in [-0.1, -0.05) is 121 Å². The summed E-state index contributed by atoms with van der Waals surface area (Å²) in [6, 6.07) is 41.2. The fraction of sp³-hybridized carbons (Fsp3) is 0.490. The number of benzene rings is 4. The highest BCUT2D eigenvalue weighted by Crippen LogP contribution is 2.57. The molecule has 9 rings (SSSR count). The van der Waals surface area contributed by atoms with Gasteiger partial charge < -0.3 is 23.7 Å². The van der Waals surface area contributed by atoms with Crippen molar-refractivity contribution in [1.29, 1.82) is 0 Å². The monoisotopic (exact) mass is 757 g/mol. The summed E-state index contributed by atoms with van der Waals surface area (Å²) in [4.78, 5) is 15.9. The molecule has 0 aromatic heterocycles. The Balaban J connectivity index is 0.996. The lowest BCUT2D eigenvalue weighted by molar-refractivity contribution is -0.210. The third kappa shape index (κ3) is 10.4. The second-order valence-electron chi connectivity index (χ2n) is 17.0. The van der Waals surface area contributed by atoms with E-state index in [1.807, 2.05) is 48.5 Å². The second-order valence-corrected chi connectivity index (χ2v) is 17.0. The molecule has 5 fully saturated rings. The Morgan fingerprint density at radius 1 is 0.571 bits per heavy atom. The fourth-order valence-corrected chi connectivity index (χ4v) is 10.3. The summed E-state index contributed by atoms with van der Waals surface area (Å²) in [6.45, 7) is 3.80. The largest absolute Gasteiger partial charge is 0.459 e. The zero-order valence-corrected chi connectivity index (χ0v) is 32.8. The van der Waals surface area contributed by atoms with Gasteiger partial charge >= 0.3 is 5.97 Å². The normalized spacial score (nSPS) is 28.3. The minimum Gasteiger partial charge on any atom is -0.459 e. The maximum atomic E-state index is 13.4. The number of carbonyl (C=O) groups is 1. The van der Waals surface area contributed by atoms with Gasteiger partial charge in [-0.05, 0) is 97.9 Å². The van der Waals surface area contributed by atoms with Crippen molar-refractivity contribution in [2.45, 2.75) is 114 Å². The predicted molar refractivity (Wildman–Crippen MR) is 217 cm³/mol. The van der Waals surface area contributed by atoms with Crippen LogP contribution in [0.15, 0.2) is 121 Å². The molecule has 1 aliphatic heterocycles. The lowest BCUT2D eigenvalue weighted by Crippen LogP contribution is -2.64. The summed E-state index contributed by atoms with van der Waals surface area (Å²) in [5.74, 6) is 2.24. The molecule has 0 spiro atoms. The van der Waals surface area contributed by atoms with Crippen molar-refractivity contribution >= 4 is 5.97 Å². The topological polar surface area (TPSA) is 66.5 Å². The lowest BCUT2D eigenvalue weighted by atomic mass is 9.54. The first kappa shape index (κ1) is 39.0. The van der Waals surface area contributed by atoms with E-state index in [-0.39, 0.29) is 35.9 Å². The zero-order chi connectivity index (χ0) is 38.0. The molecule has 7 heteroatoms. The minimum absolute atomic E-state index is 0.0177. The Morgan fingerprint density at radius 2 is 1.04 bits per heavy atom. The van der Waals surface area contributed by atoms with Crippen LogP contribution < -0.4 is 0 Å². The lowest BCUT2D eigenvalue weighted by Gasteiger charge is -2.55. The summed E-state index contributed by atoms with van der Waals surface area (Å²) >= 11 is 0. The van der Waals surface area contributed by atoms with E-state index in [1.54, 1.807) is 0 Å². The molecule has 4 aliphatic carbocycles. The van der Waals surface area contributed by atoms with Gasteiger partial charge in [0.15, 0.2) is 0 Å². The van der Waals surface area contributed by atoms with Crippen molar-refractivity contribution in [2.24, 2.45) is 17.8 Å². The van der Waals surface area contributed by atoms with Crippen LogP contribution in [0.3, 0.4) is 0 Å². The Hall–Kier alpha value is -3.85. The van der Waals surface area contributed by atoms with E-state index < -0.39 is 0 Å². The highest BCUT2D eigenvalue weighted by molar-refractivity contribution is 5.70. The van der Waals surface area contributed by atoms with Crippen molar-refractivity contribution in [3.63, 3.8) is 0 Å². The molecule has 0 radical (unpaired) electrons. The number of ether oxygens (including phenoxy) is 5. The Morgan fingerprint density at radius 3 is 1.55 bits per heavy atom. The molecule has 5 aliphatic rings. The summed E-state index contributed by atoms with van der Waals surface area (Å²) in [6.07, 6.45) is 8.39. The molecule has 4 atom stereocenters. The zero-order valence-electron chi connectivity index (χ0n) is 32.8. The van der Waals surface area contributed by atoms with Gasteiger partial charge in [0.05, 0.1) is 45.2 Å². The van der Waals surface area contributed by atoms with Crippen LogP contribution in [-0.4, -0.2) is 60.5 Å². The van der Waals surface area contributed by atoms with Crippen LogP contribution in [0.1, 0.15) is 80.0 Å². The average molecular weight is 758 g/mol. The molecule has 0 N–H and O–H groups in total. The van der Waals surface area contributed by atoms with E-state index >= 15 is 0 Å². The van der Waals surface area contributed by atoms with Crippen LogP contribution in [0.4, 0.5) is 0 Å². The SMILES string of the molecule is O=C(CCCCN1CC(OCc2ccccc2)C(OCc2ccccc2)C(OCc2ccccc2)C1COCc1ccccc1)OC12CC3CC(CC(C3)C1)C2. The van der Waals surface area contributed by atoms with Gasteiger partial charge in [0, 0.05) is 13.0 Å². The summed E-state index contributed by atoms with van der Waals surface area (Å²) in [5, 5.41) is 0. The molecule has 4 aromatic rings. The number of piperidine rings is 1. The van der Waals surface area contributed by atoms with E-state index in [0.717, 1.165) is 78.7 Å². The first-order valence-corrected chi connectivity index (χ1v) is 21.1. The van der Waals surface area contributed by atoms with E-state index in [2.05, 4.69) is 77.7 Å². The Bertz CT molecular complexity index is 1740. The molecule has 56 heavy (non-hydrogen) atoms. The molecule has 0 amide bonds. The highest BCUT2D eigenvalue weighted by atomic mass is 16.6. The molecular formula is C49H59NO6. The summed E-state index contributed by atoms with van der Waals surface area (Å²) in [7, 11) is 0. The van der Waals surface area contributed by atoms with Gasteiger partial charge in [-0.2, -0.15) is 0 Å².